The van der Waals surface area contributed by atoms with Gasteiger partial charge in [0, 0.05) is 25.7 Å². The number of methoxy groups -OCH3 is 1. The summed E-state index contributed by atoms with van der Waals surface area (Å²) in [4.78, 5) is 2.69. The molecule has 1 saturated heterocycles. The Kier molecular flexibility index (Phi) is 4.59. The molecule has 112 valence electrons. The lowest BCUT2D eigenvalue weighted by molar-refractivity contribution is -0.00214. The van der Waals surface area contributed by atoms with Gasteiger partial charge in [0.25, 0.3) is 0 Å². The van der Waals surface area contributed by atoms with Crippen LogP contribution < -0.4 is 5.73 Å². The van der Waals surface area contributed by atoms with Crippen LogP contribution in [0.1, 0.15) is 46.5 Å². The molecule has 2 rings (SSSR count). The second kappa shape index (κ2) is 5.71. The van der Waals surface area contributed by atoms with Crippen molar-refractivity contribution in [3.63, 3.8) is 0 Å². The van der Waals surface area contributed by atoms with Gasteiger partial charge in [-0.2, -0.15) is 0 Å². The molecule has 0 aromatic heterocycles. The van der Waals surface area contributed by atoms with Crippen molar-refractivity contribution in [3.8, 4) is 0 Å². The van der Waals surface area contributed by atoms with E-state index in [1.54, 1.807) is 0 Å². The molecule has 0 aromatic rings. The summed E-state index contributed by atoms with van der Waals surface area (Å²) in [6.07, 6.45) is 5.13. The summed E-state index contributed by atoms with van der Waals surface area (Å²) in [6, 6.07) is 0. The lowest BCUT2D eigenvalue weighted by Crippen LogP contribution is -2.58. The highest BCUT2D eigenvalue weighted by molar-refractivity contribution is 5.03. The topological polar surface area (TPSA) is 38.5 Å². The van der Waals surface area contributed by atoms with Crippen molar-refractivity contribution in [2.45, 2.75) is 52.0 Å². The first-order valence-corrected chi connectivity index (χ1v) is 7.85. The first kappa shape index (κ1) is 15.3. The molecular formula is C16H32N2O. The molecule has 3 heteroatoms. The lowest BCUT2D eigenvalue weighted by Gasteiger charge is -2.52. The summed E-state index contributed by atoms with van der Waals surface area (Å²) < 4.78 is 5.33. The zero-order valence-corrected chi connectivity index (χ0v) is 13.2. The number of nitrogens with two attached hydrogens (primary N) is 1. The van der Waals surface area contributed by atoms with Crippen molar-refractivity contribution in [2.75, 3.05) is 33.4 Å². The zero-order chi connectivity index (χ0) is 14.1. The van der Waals surface area contributed by atoms with Crippen LogP contribution in [0.25, 0.3) is 0 Å². The molecule has 0 bridgehead atoms. The highest BCUT2D eigenvalue weighted by atomic mass is 16.5. The van der Waals surface area contributed by atoms with Crippen LogP contribution in [0.3, 0.4) is 0 Å². The Morgan fingerprint density at radius 3 is 2.63 bits per heavy atom. The maximum absolute atomic E-state index is 6.25. The van der Waals surface area contributed by atoms with E-state index < -0.39 is 0 Å². The van der Waals surface area contributed by atoms with Gasteiger partial charge in [0.05, 0.1) is 6.61 Å². The van der Waals surface area contributed by atoms with Crippen LogP contribution >= 0.6 is 0 Å². The van der Waals surface area contributed by atoms with Crippen LogP contribution in [0.5, 0.6) is 0 Å². The second-order valence-corrected chi connectivity index (χ2v) is 7.84. The highest BCUT2D eigenvalue weighted by Crippen LogP contribution is 2.47. The molecule has 1 aliphatic carbocycles. The van der Waals surface area contributed by atoms with Crippen LogP contribution in [-0.2, 0) is 4.74 Å². The molecule has 0 amide bonds. The van der Waals surface area contributed by atoms with E-state index in [0.717, 1.165) is 19.1 Å². The normalized spacial score (nSPS) is 39.6. The molecule has 2 aliphatic rings. The van der Waals surface area contributed by atoms with Gasteiger partial charge < -0.3 is 10.5 Å². The molecule has 3 unspecified atom stereocenters. The number of rotatable bonds is 4. The van der Waals surface area contributed by atoms with Crippen molar-refractivity contribution >= 4 is 0 Å². The molecule has 2 N–H and O–H groups in total. The summed E-state index contributed by atoms with van der Waals surface area (Å²) >= 11 is 0. The molecular weight excluding hydrogens is 236 g/mol. The van der Waals surface area contributed by atoms with Crippen molar-refractivity contribution < 1.29 is 4.74 Å². The Bertz CT molecular complexity index is 305. The first-order valence-electron chi connectivity index (χ1n) is 7.85. The Balaban J connectivity index is 2.10. The van der Waals surface area contributed by atoms with Gasteiger partial charge in [0.2, 0.25) is 0 Å². The van der Waals surface area contributed by atoms with E-state index in [4.69, 9.17) is 10.5 Å². The smallest absolute Gasteiger partial charge is 0.0503 e. The minimum absolute atomic E-state index is 0.240. The van der Waals surface area contributed by atoms with Crippen molar-refractivity contribution in [3.05, 3.63) is 0 Å². The van der Waals surface area contributed by atoms with Gasteiger partial charge in [-0.15, -0.1) is 0 Å². The highest BCUT2D eigenvalue weighted by Gasteiger charge is 2.47. The van der Waals surface area contributed by atoms with Gasteiger partial charge in [-0.05, 0) is 49.5 Å². The fourth-order valence-electron chi connectivity index (χ4n) is 4.86. The molecule has 2 fully saturated rings. The molecule has 3 nitrogen and oxygen atoms in total. The fraction of sp³-hybridized carbons (Fsp3) is 1.00. The summed E-state index contributed by atoms with van der Waals surface area (Å²) in [6.45, 7) is 11.3. The molecule has 3 atom stereocenters. The minimum atomic E-state index is 0.240. The number of hydrogen-bond donors (Lipinski definition) is 1. The van der Waals surface area contributed by atoms with E-state index in [0.29, 0.717) is 11.3 Å². The number of likely N-dealkylation sites (tertiary alicyclic amines) is 1. The number of nitrogens with zero attached hydrogens (tertiary/aromatic N) is 1. The van der Waals surface area contributed by atoms with Crippen LogP contribution in [-0.4, -0.2) is 43.8 Å². The predicted octanol–water partition coefficient (Wildman–Crippen LogP) is 2.50. The minimum Gasteiger partial charge on any atom is -0.384 e. The third kappa shape index (κ3) is 3.32. The molecule has 0 aromatic carbocycles. The standard InChI is InChI=1S/C16H32N2O/c1-13-7-15(2,3)11-16(8-13,12-17)18-6-5-14(9-18)10-19-4/h13-14H,5-12,17H2,1-4H3. The largest absolute Gasteiger partial charge is 0.384 e. The van der Waals surface area contributed by atoms with Gasteiger partial charge in [-0.1, -0.05) is 20.8 Å². The molecule has 0 spiro atoms. The van der Waals surface area contributed by atoms with Crippen molar-refractivity contribution in [2.24, 2.45) is 23.0 Å². The predicted molar refractivity (Wildman–Crippen MR) is 80.1 cm³/mol. The van der Waals surface area contributed by atoms with Gasteiger partial charge >= 0.3 is 0 Å². The zero-order valence-electron chi connectivity index (χ0n) is 13.2. The third-order valence-electron chi connectivity index (χ3n) is 5.18. The van der Waals surface area contributed by atoms with Crippen molar-refractivity contribution in [1.29, 1.82) is 0 Å². The van der Waals surface area contributed by atoms with E-state index in [9.17, 15) is 0 Å². The second-order valence-electron chi connectivity index (χ2n) is 7.84. The fourth-order valence-corrected chi connectivity index (χ4v) is 4.86. The lowest BCUT2D eigenvalue weighted by atomic mass is 9.63. The summed E-state index contributed by atoms with van der Waals surface area (Å²) in [7, 11) is 1.81. The van der Waals surface area contributed by atoms with Crippen LogP contribution in [0.4, 0.5) is 0 Å². The first-order chi connectivity index (χ1) is 8.91. The van der Waals surface area contributed by atoms with Gasteiger partial charge in [-0.3, -0.25) is 4.90 Å². The van der Waals surface area contributed by atoms with Crippen LogP contribution in [0, 0.1) is 17.3 Å². The van der Waals surface area contributed by atoms with Crippen molar-refractivity contribution in [1.82, 2.24) is 4.90 Å². The van der Waals surface area contributed by atoms with Gasteiger partial charge in [0.1, 0.15) is 0 Å². The molecule has 19 heavy (non-hydrogen) atoms. The third-order valence-corrected chi connectivity index (χ3v) is 5.18. The van der Waals surface area contributed by atoms with E-state index in [1.807, 2.05) is 7.11 Å². The molecule has 0 radical (unpaired) electrons. The Morgan fingerprint density at radius 1 is 1.32 bits per heavy atom. The quantitative estimate of drug-likeness (QED) is 0.851. The SMILES string of the molecule is COCC1CCN(C2(CN)CC(C)CC(C)(C)C2)C1. The van der Waals surface area contributed by atoms with E-state index in [2.05, 4.69) is 25.7 Å². The molecule has 1 aliphatic heterocycles. The average molecular weight is 268 g/mol. The summed E-state index contributed by atoms with van der Waals surface area (Å²) in [5, 5.41) is 0. The Labute approximate surface area is 118 Å². The van der Waals surface area contributed by atoms with E-state index >= 15 is 0 Å². The maximum atomic E-state index is 6.25. The molecule has 1 heterocycles. The van der Waals surface area contributed by atoms with E-state index in [-0.39, 0.29) is 5.54 Å². The molecule has 1 saturated carbocycles. The maximum Gasteiger partial charge on any atom is 0.0503 e. The van der Waals surface area contributed by atoms with Gasteiger partial charge in [-0.25, -0.2) is 0 Å². The average Bonchev–Trinajstić information content (AvgIpc) is 2.76. The summed E-state index contributed by atoms with van der Waals surface area (Å²) in [5.41, 5.74) is 6.91. The van der Waals surface area contributed by atoms with E-state index in [1.165, 1.54) is 38.8 Å². The summed E-state index contributed by atoms with van der Waals surface area (Å²) in [5.74, 6) is 1.49. The Hall–Kier alpha value is -0.120. The Morgan fingerprint density at radius 2 is 2.05 bits per heavy atom. The van der Waals surface area contributed by atoms with Crippen LogP contribution in [0.15, 0.2) is 0 Å². The number of ether oxygens (including phenoxy) is 1. The monoisotopic (exact) mass is 268 g/mol. The number of hydrogen-bond acceptors (Lipinski definition) is 3. The van der Waals surface area contributed by atoms with Gasteiger partial charge in [0.15, 0.2) is 0 Å². The van der Waals surface area contributed by atoms with Crippen LogP contribution in [0.2, 0.25) is 0 Å².